The summed E-state index contributed by atoms with van der Waals surface area (Å²) in [6.45, 7) is 5.36. The third-order valence-electron chi connectivity index (χ3n) is 4.00. The fraction of sp³-hybridized carbons (Fsp3) is 0.222. The molecular weight excluding hydrogens is 325 g/mol. The van der Waals surface area contributed by atoms with Crippen LogP contribution in [0, 0.1) is 19.7 Å². The van der Waals surface area contributed by atoms with Crippen molar-refractivity contribution in [3.63, 3.8) is 0 Å². The van der Waals surface area contributed by atoms with Crippen molar-refractivity contribution in [2.75, 3.05) is 12.3 Å². The Morgan fingerprint density at radius 3 is 2.72 bits per heavy atom. The van der Waals surface area contributed by atoms with Gasteiger partial charge in [0, 0.05) is 23.5 Å². The van der Waals surface area contributed by atoms with Gasteiger partial charge < -0.3 is 15.2 Å². The SMILES string of the molecule is CCOC(=O)c1cn2nccc(Oc3ccc(N)c(C)c3F)c2c1C. The van der Waals surface area contributed by atoms with Crippen molar-refractivity contribution in [3.8, 4) is 11.5 Å². The molecule has 130 valence electrons. The number of hydrogen-bond acceptors (Lipinski definition) is 5. The van der Waals surface area contributed by atoms with Crippen LogP contribution in [0.1, 0.15) is 28.4 Å². The second-order valence-electron chi connectivity index (χ2n) is 5.57. The van der Waals surface area contributed by atoms with Crippen LogP contribution in [-0.2, 0) is 4.74 Å². The summed E-state index contributed by atoms with van der Waals surface area (Å²) >= 11 is 0. The number of halogens is 1. The monoisotopic (exact) mass is 343 g/mol. The van der Waals surface area contributed by atoms with Gasteiger partial charge in [0.25, 0.3) is 0 Å². The molecule has 0 radical (unpaired) electrons. The number of nitrogens with zero attached hydrogens (tertiary/aromatic N) is 2. The summed E-state index contributed by atoms with van der Waals surface area (Å²) < 4.78 is 26.7. The largest absolute Gasteiger partial charge is 0.462 e. The van der Waals surface area contributed by atoms with Crippen molar-refractivity contribution in [2.45, 2.75) is 20.8 Å². The Labute approximate surface area is 144 Å². The van der Waals surface area contributed by atoms with Gasteiger partial charge in [0.05, 0.1) is 18.4 Å². The molecule has 0 aliphatic heterocycles. The smallest absolute Gasteiger partial charge is 0.340 e. The maximum absolute atomic E-state index is 14.4. The summed E-state index contributed by atoms with van der Waals surface area (Å²) in [4.78, 5) is 12.1. The summed E-state index contributed by atoms with van der Waals surface area (Å²) in [7, 11) is 0. The molecule has 0 unspecified atom stereocenters. The number of benzene rings is 1. The third-order valence-corrected chi connectivity index (χ3v) is 4.00. The number of esters is 1. The lowest BCUT2D eigenvalue weighted by molar-refractivity contribution is 0.0525. The van der Waals surface area contributed by atoms with Crippen LogP contribution in [-0.4, -0.2) is 22.2 Å². The van der Waals surface area contributed by atoms with Crippen LogP contribution < -0.4 is 10.5 Å². The average Bonchev–Trinajstić information content (AvgIpc) is 2.94. The highest BCUT2D eigenvalue weighted by Crippen LogP contribution is 2.33. The van der Waals surface area contributed by atoms with E-state index in [1.807, 2.05) is 0 Å². The molecule has 3 rings (SSSR count). The topological polar surface area (TPSA) is 78.8 Å². The molecule has 3 aromatic rings. The van der Waals surface area contributed by atoms with Crippen LogP contribution in [0.5, 0.6) is 11.5 Å². The minimum atomic E-state index is -0.523. The van der Waals surface area contributed by atoms with E-state index in [4.69, 9.17) is 15.2 Å². The van der Waals surface area contributed by atoms with Crippen LogP contribution in [0.25, 0.3) is 5.52 Å². The number of ether oxygens (including phenoxy) is 2. The predicted octanol–water partition coefficient (Wildman–Crippen LogP) is 3.64. The highest BCUT2D eigenvalue weighted by Gasteiger charge is 2.20. The van der Waals surface area contributed by atoms with Gasteiger partial charge in [-0.2, -0.15) is 5.10 Å². The number of nitrogen functional groups attached to an aromatic ring is 1. The first kappa shape index (κ1) is 16.8. The molecule has 1 aromatic carbocycles. The second-order valence-corrected chi connectivity index (χ2v) is 5.57. The maximum atomic E-state index is 14.4. The molecule has 2 N–H and O–H groups in total. The Morgan fingerprint density at radius 2 is 2.00 bits per heavy atom. The lowest BCUT2D eigenvalue weighted by Crippen LogP contribution is -2.04. The van der Waals surface area contributed by atoms with Gasteiger partial charge in [-0.1, -0.05) is 0 Å². The fourth-order valence-electron chi connectivity index (χ4n) is 2.59. The van der Waals surface area contributed by atoms with E-state index in [9.17, 15) is 9.18 Å². The van der Waals surface area contributed by atoms with Crippen molar-refractivity contribution in [2.24, 2.45) is 0 Å². The molecule has 0 fully saturated rings. The molecule has 0 amide bonds. The van der Waals surface area contributed by atoms with Crippen LogP contribution in [0.3, 0.4) is 0 Å². The molecule has 0 aliphatic rings. The zero-order valence-electron chi connectivity index (χ0n) is 14.2. The lowest BCUT2D eigenvalue weighted by atomic mass is 10.1. The van der Waals surface area contributed by atoms with Crippen molar-refractivity contribution in [1.29, 1.82) is 0 Å². The van der Waals surface area contributed by atoms with E-state index in [0.29, 0.717) is 33.6 Å². The van der Waals surface area contributed by atoms with Crippen molar-refractivity contribution < 1.29 is 18.7 Å². The molecule has 0 bridgehead atoms. The molecule has 0 spiro atoms. The van der Waals surface area contributed by atoms with Crippen LogP contribution in [0.2, 0.25) is 0 Å². The van der Waals surface area contributed by atoms with E-state index in [2.05, 4.69) is 5.10 Å². The van der Waals surface area contributed by atoms with Gasteiger partial charge in [-0.25, -0.2) is 13.7 Å². The number of rotatable bonds is 4. The average molecular weight is 343 g/mol. The molecule has 7 heteroatoms. The Balaban J connectivity index is 2.09. The van der Waals surface area contributed by atoms with E-state index in [1.54, 1.807) is 39.1 Å². The van der Waals surface area contributed by atoms with Crippen LogP contribution in [0.15, 0.2) is 30.6 Å². The number of aryl methyl sites for hydroxylation is 1. The number of carbonyl (C=O) groups is 1. The highest BCUT2D eigenvalue weighted by atomic mass is 19.1. The molecule has 0 saturated heterocycles. The molecule has 0 saturated carbocycles. The first-order valence-corrected chi connectivity index (χ1v) is 7.80. The predicted molar refractivity (Wildman–Crippen MR) is 91.5 cm³/mol. The number of nitrogens with two attached hydrogens (primary N) is 1. The Bertz CT molecular complexity index is 966. The summed E-state index contributed by atoms with van der Waals surface area (Å²) in [5.74, 6) is -0.528. The number of hydrogen-bond donors (Lipinski definition) is 1. The number of anilines is 1. The molecule has 2 heterocycles. The first-order chi connectivity index (χ1) is 11.9. The highest BCUT2D eigenvalue weighted by molar-refractivity contribution is 5.94. The molecule has 25 heavy (non-hydrogen) atoms. The summed E-state index contributed by atoms with van der Waals surface area (Å²) in [5, 5.41) is 4.18. The van der Waals surface area contributed by atoms with E-state index in [-0.39, 0.29) is 12.4 Å². The van der Waals surface area contributed by atoms with Gasteiger partial charge in [0.2, 0.25) is 0 Å². The van der Waals surface area contributed by atoms with Crippen LogP contribution >= 0.6 is 0 Å². The zero-order chi connectivity index (χ0) is 18.1. The van der Waals surface area contributed by atoms with Crippen LogP contribution in [0.4, 0.5) is 10.1 Å². The summed E-state index contributed by atoms with van der Waals surface area (Å²) in [5.41, 5.74) is 7.98. The van der Waals surface area contributed by atoms with Gasteiger partial charge in [0.1, 0.15) is 5.52 Å². The number of fused-ring (bicyclic) bond motifs is 1. The fourth-order valence-corrected chi connectivity index (χ4v) is 2.59. The van der Waals surface area contributed by atoms with Gasteiger partial charge >= 0.3 is 5.97 Å². The molecule has 2 aromatic heterocycles. The third kappa shape index (κ3) is 2.88. The van der Waals surface area contributed by atoms with Gasteiger partial charge in [0.15, 0.2) is 17.3 Å². The summed E-state index contributed by atoms with van der Waals surface area (Å²) in [6.07, 6.45) is 3.08. The lowest BCUT2D eigenvalue weighted by Gasteiger charge is -2.11. The van der Waals surface area contributed by atoms with Gasteiger partial charge in [-0.3, -0.25) is 0 Å². The maximum Gasteiger partial charge on any atom is 0.340 e. The second kappa shape index (κ2) is 6.43. The molecular formula is C18H18FN3O3. The van der Waals surface area contributed by atoms with E-state index in [1.165, 1.54) is 16.8 Å². The molecule has 0 atom stereocenters. The van der Waals surface area contributed by atoms with Crippen molar-refractivity contribution >= 4 is 17.2 Å². The molecule has 6 nitrogen and oxygen atoms in total. The normalized spacial score (nSPS) is 10.9. The zero-order valence-corrected chi connectivity index (χ0v) is 14.2. The van der Waals surface area contributed by atoms with Crippen molar-refractivity contribution in [1.82, 2.24) is 9.61 Å². The standard InChI is InChI=1S/C18H18FN3O3/c1-4-24-18(23)12-9-22-17(10(12)2)15(7-8-21-22)25-14-6-5-13(20)11(3)16(14)19/h5-9H,4,20H2,1-3H3. The summed E-state index contributed by atoms with van der Waals surface area (Å²) in [6, 6.07) is 4.67. The van der Waals surface area contributed by atoms with E-state index >= 15 is 0 Å². The van der Waals surface area contributed by atoms with E-state index in [0.717, 1.165) is 0 Å². The quantitative estimate of drug-likeness (QED) is 0.578. The van der Waals surface area contributed by atoms with Gasteiger partial charge in [-0.15, -0.1) is 0 Å². The first-order valence-electron chi connectivity index (χ1n) is 7.80. The Hall–Kier alpha value is -3.09. The molecule has 0 aliphatic carbocycles. The Kier molecular flexibility index (Phi) is 4.31. The van der Waals surface area contributed by atoms with Gasteiger partial charge in [-0.05, 0) is 38.5 Å². The number of aromatic nitrogens is 2. The van der Waals surface area contributed by atoms with E-state index < -0.39 is 11.8 Å². The van der Waals surface area contributed by atoms with Crippen molar-refractivity contribution in [3.05, 3.63) is 53.1 Å². The minimum absolute atomic E-state index is 0.0538. The minimum Gasteiger partial charge on any atom is -0.462 e. The number of carbonyl (C=O) groups excluding carboxylic acids is 1. The Morgan fingerprint density at radius 1 is 1.24 bits per heavy atom.